The van der Waals surface area contributed by atoms with Gasteiger partial charge in [0.15, 0.2) is 0 Å². The second-order valence-corrected chi connectivity index (χ2v) is 8.48. The Hall–Kier alpha value is -2.67. The van der Waals surface area contributed by atoms with Crippen molar-refractivity contribution in [3.05, 3.63) is 48.0 Å². The van der Waals surface area contributed by atoms with E-state index >= 15 is 0 Å². The number of amides is 2. The molecule has 6 atom stereocenters. The van der Waals surface area contributed by atoms with Crippen LogP contribution < -0.4 is 5.32 Å². The van der Waals surface area contributed by atoms with Gasteiger partial charge in [0.25, 0.3) is 0 Å². The number of aliphatic hydroxyl groups excluding tert-OH is 1. The lowest BCUT2D eigenvalue weighted by atomic mass is 9.69. The smallest absolute Gasteiger partial charge is 0.310 e. The molecule has 2 aliphatic rings. The van der Waals surface area contributed by atoms with Crippen LogP contribution in [0.3, 0.4) is 0 Å². The first-order chi connectivity index (χ1) is 15.5. The van der Waals surface area contributed by atoms with Gasteiger partial charge >= 0.3 is 5.97 Å². The minimum atomic E-state index is -0.778. The van der Waals surface area contributed by atoms with Crippen LogP contribution in [0.5, 0.6) is 0 Å². The van der Waals surface area contributed by atoms with E-state index in [9.17, 15) is 19.5 Å². The Bertz CT molecular complexity index is 836. The van der Waals surface area contributed by atoms with Gasteiger partial charge in [-0.3, -0.25) is 14.4 Å². The Morgan fingerprint density at radius 3 is 2.47 bits per heavy atom. The zero-order chi connectivity index (χ0) is 23.3. The van der Waals surface area contributed by atoms with Crippen molar-refractivity contribution in [2.75, 3.05) is 13.2 Å². The first-order valence-corrected chi connectivity index (χ1v) is 11.6. The van der Waals surface area contributed by atoms with E-state index in [2.05, 4.69) is 5.32 Å². The quantitative estimate of drug-likeness (QED) is 0.452. The third kappa shape index (κ3) is 4.58. The third-order valence-electron chi connectivity index (χ3n) is 6.73. The summed E-state index contributed by atoms with van der Waals surface area (Å²) in [5.41, 5.74) is 0.956. The Labute approximate surface area is 189 Å². The van der Waals surface area contributed by atoms with Gasteiger partial charge in [-0.25, -0.2) is 0 Å². The van der Waals surface area contributed by atoms with Crippen LogP contribution in [0.25, 0.3) is 0 Å². The van der Waals surface area contributed by atoms with Crippen LogP contribution >= 0.6 is 0 Å². The van der Waals surface area contributed by atoms with Crippen molar-refractivity contribution in [2.45, 2.75) is 52.2 Å². The fourth-order valence-electron chi connectivity index (χ4n) is 5.09. The molecule has 1 aromatic carbocycles. The van der Waals surface area contributed by atoms with E-state index in [4.69, 9.17) is 4.74 Å². The van der Waals surface area contributed by atoms with E-state index in [0.29, 0.717) is 19.4 Å². The highest BCUT2D eigenvalue weighted by molar-refractivity contribution is 5.96. The maximum absolute atomic E-state index is 13.7. The average molecular weight is 443 g/mol. The summed E-state index contributed by atoms with van der Waals surface area (Å²) in [5.74, 6) is -2.79. The number of carbonyl (C=O) groups excluding carboxylic acids is 3. The highest BCUT2D eigenvalue weighted by Gasteiger charge is 2.58. The minimum Gasteiger partial charge on any atom is -0.466 e. The van der Waals surface area contributed by atoms with E-state index < -0.39 is 35.8 Å². The Balaban J connectivity index is 1.95. The average Bonchev–Trinajstić information content (AvgIpc) is 3.11. The molecule has 0 radical (unpaired) electrons. The molecule has 1 heterocycles. The summed E-state index contributed by atoms with van der Waals surface area (Å²) >= 11 is 0. The molecular weight excluding hydrogens is 408 g/mol. The van der Waals surface area contributed by atoms with Crippen molar-refractivity contribution in [1.82, 2.24) is 10.2 Å². The van der Waals surface area contributed by atoms with Crippen molar-refractivity contribution in [1.29, 1.82) is 0 Å². The lowest BCUT2D eigenvalue weighted by molar-refractivity contribution is -0.156. The molecule has 0 spiro atoms. The van der Waals surface area contributed by atoms with Gasteiger partial charge in [0.1, 0.15) is 6.04 Å². The van der Waals surface area contributed by atoms with Gasteiger partial charge in [0.05, 0.1) is 31.1 Å². The molecule has 1 saturated heterocycles. The van der Waals surface area contributed by atoms with E-state index in [0.717, 1.165) is 5.56 Å². The minimum absolute atomic E-state index is 0.124. The third-order valence-corrected chi connectivity index (χ3v) is 6.73. The van der Waals surface area contributed by atoms with Crippen LogP contribution in [-0.4, -0.2) is 53.1 Å². The molecule has 1 aliphatic carbocycles. The maximum Gasteiger partial charge on any atom is 0.310 e. The molecule has 1 aliphatic heterocycles. The molecule has 2 amide bonds. The molecule has 7 heteroatoms. The van der Waals surface area contributed by atoms with Gasteiger partial charge in [-0.05, 0) is 31.2 Å². The second-order valence-electron chi connectivity index (χ2n) is 8.48. The lowest BCUT2D eigenvalue weighted by Crippen LogP contribution is -2.52. The Morgan fingerprint density at radius 1 is 1.16 bits per heavy atom. The lowest BCUT2D eigenvalue weighted by Gasteiger charge is -2.33. The molecule has 32 heavy (non-hydrogen) atoms. The number of benzene rings is 1. The SMILES string of the molecule is CCOC(=O)[C@H]1[C@H]2C(=O)N([C@@H](CC)CO)[C@H](C(=O)NCc3ccccc3)[C@H]2C=C[C@H]1CC. The fraction of sp³-hybridized carbons (Fsp3) is 0.560. The molecule has 174 valence electrons. The Morgan fingerprint density at radius 2 is 1.88 bits per heavy atom. The number of rotatable bonds is 9. The summed E-state index contributed by atoms with van der Waals surface area (Å²) in [6.45, 7) is 5.94. The number of hydrogen-bond acceptors (Lipinski definition) is 5. The van der Waals surface area contributed by atoms with Gasteiger partial charge in [-0.1, -0.05) is 56.3 Å². The highest BCUT2D eigenvalue weighted by Crippen LogP contribution is 2.46. The normalized spacial score (nSPS) is 27.7. The largest absolute Gasteiger partial charge is 0.466 e. The van der Waals surface area contributed by atoms with E-state index in [1.165, 1.54) is 4.90 Å². The van der Waals surface area contributed by atoms with Gasteiger partial charge in [0.2, 0.25) is 11.8 Å². The number of hydrogen-bond donors (Lipinski definition) is 2. The van der Waals surface area contributed by atoms with Gasteiger partial charge in [-0.15, -0.1) is 0 Å². The van der Waals surface area contributed by atoms with Crippen LogP contribution in [0.15, 0.2) is 42.5 Å². The fourth-order valence-corrected chi connectivity index (χ4v) is 5.09. The molecule has 3 rings (SSSR count). The number of likely N-dealkylation sites (tertiary alicyclic amines) is 1. The van der Waals surface area contributed by atoms with Crippen LogP contribution in [-0.2, 0) is 25.7 Å². The molecular formula is C25H34N2O5. The molecule has 0 bridgehead atoms. The Kier molecular flexibility index (Phi) is 8.07. The van der Waals surface area contributed by atoms with Crippen LogP contribution in [0.2, 0.25) is 0 Å². The van der Waals surface area contributed by atoms with Gasteiger partial charge in [-0.2, -0.15) is 0 Å². The molecule has 2 N–H and O–H groups in total. The number of allylic oxidation sites excluding steroid dienone is 1. The van der Waals surface area contributed by atoms with Gasteiger partial charge in [0, 0.05) is 12.5 Å². The monoisotopic (exact) mass is 442 g/mol. The summed E-state index contributed by atoms with van der Waals surface area (Å²) in [6, 6.07) is 8.29. The summed E-state index contributed by atoms with van der Waals surface area (Å²) in [6.07, 6.45) is 5.08. The predicted molar refractivity (Wildman–Crippen MR) is 120 cm³/mol. The van der Waals surface area contributed by atoms with Crippen molar-refractivity contribution in [3.8, 4) is 0 Å². The number of carbonyl (C=O) groups is 3. The number of esters is 1. The van der Waals surface area contributed by atoms with Crippen molar-refractivity contribution < 1.29 is 24.2 Å². The second kappa shape index (κ2) is 10.8. The molecule has 0 saturated carbocycles. The van der Waals surface area contributed by atoms with Crippen molar-refractivity contribution in [3.63, 3.8) is 0 Å². The molecule has 0 unspecified atom stereocenters. The summed E-state index contributed by atoms with van der Waals surface area (Å²) in [4.78, 5) is 41.4. The number of fused-ring (bicyclic) bond motifs is 1. The molecule has 1 aromatic rings. The zero-order valence-electron chi connectivity index (χ0n) is 19.1. The van der Waals surface area contributed by atoms with Gasteiger partial charge < -0.3 is 20.1 Å². The first kappa shape index (κ1) is 24.0. The summed E-state index contributed by atoms with van der Waals surface area (Å²) in [7, 11) is 0. The number of ether oxygens (including phenoxy) is 1. The van der Waals surface area contributed by atoms with Crippen LogP contribution in [0, 0.1) is 23.7 Å². The van der Waals surface area contributed by atoms with E-state index in [1.807, 2.05) is 56.3 Å². The molecule has 7 nitrogen and oxygen atoms in total. The van der Waals surface area contributed by atoms with Crippen LogP contribution in [0.1, 0.15) is 39.2 Å². The summed E-state index contributed by atoms with van der Waals surface area (Å²) < 4.78 is 5.33. The summed E-state index contributed by atoms with van der Waals surface area (Å²) in [5, 5.41) is 12.9. The van der Waals surface area contributed by atoms with E-state index in [1.54, 1.807) is 6.92 Å². The standard InChI is InChI=1S/C25H34N2O5/c1-4-17-12-13-19-21(20(17)25(31)32-6-3)24(30)27(18(5-2)15-28)22(19)23(29)26-14-16-10-8-7-9-11-16/h7-13,17-22,28H,4-6,14-15H2,1-3H3,(H,26,29)/t17-,18+,19+,20-,21+,22+/m1/s1. The molecule has 1 fully saturated rings. The molecule has 0 aromatic heterocycles. The van der Waals surface area contributed by atoms with Crippen molar-refractivity contribution >= 4 is 17.8 Å². The number of nitrogens with one attached hydrogen (secondary N) is 1. The van der Waals surface area contributed by atoms with Crippen molar-refractivity contribution in [2.24, 2.45) is 23.7 Å². The highest BCUT2D eigenvalue weighted by atomic mass is 16.5. The predicted octanol–water partition coefficient (Wildman–Crippen LogP) is 2.29. The maximum atomic E-state index is 13.7. The van der Waals surface area contributed by atoms with E-state index in [-0.39, 0.29) is 30.9 Å². The van der Waals surface area contributed by atoms with Crippen LogP contribution in [0.4, 0.5) is 0 Å². The zero-order valence-corrected chi connectivity index (χ0v) is 19.1. The topological polar surface area (TPSA) is 95.9 Å². The first-order valence-electron chi connectivity index (χ1n) is 11.6. The number of nitrogens with zero attached hydrogens (tertiary/aromatic N) is 1. The number of aliphatic hydroxyl groups is 1.